The summed E-state index contributed by atoms with van der Waals surface area (Å²) in [5, 5.41) is 3.61. The number of hydrogen-bond donors (Lipinski definition) is 1. The SMILES string of the molecule is CCC(NC(=O)c1ccc(COc2cccc(Cl)c2)o1)c1ccccc1. The summed E-state index contributed by atoms with van der Waals surface area (Å²) in [6.45, 7) is 2.26. The predicted molar refractivity (Wildman–Crippen MR) is 101 cm³/mol. The van der Waals surface area contributed by atoms with Crippen LogP contribution in [0.3, 0.4) is 0 Å². The fraction of sp³-hybridized carbons (Fsp3) is 0.190. The zero-order valence-electron chi connectivity index (χ0n) is 14.4. The van der Waals surface area contributed by atoms with Crippen LogP contribution in [0, 0.1) is 0 Å². The second kappa shape index (κ2) is 8.59. The van der Waals surface area contributed by atoms with E-state index in [4.69, 9.17) is 20.8 Å². The lowest BCUT2D eigenvalue weighted by atomic mass is 10.0. The van der Waals surface area contributed by atoms with E-state index in [0.29, 0.717) is 16.5 Å². The lowest BCUT2D eigenvalue weighted by Gasteiger charge is -2.16. The van der Waals surface area contributed by atoms with Crippen LogP contribution >= 0.6 is 11.6 Å². The summed E-state index contributed by atoms with van der Waals surface area (Å²) in [6.07, 6.45) is 0.793. The number of ether oxygens (including phenoxy) is 1. The highest BCUT2D eigenvalue weighted by atomic mass is 35.5. The van der Waals surface area contributed by atoms with E-state index in [-0.39, 0.29) is 24.3 Å². The van der Waals surface area contributed by atoms with Gasteiger partial charge in [-0.15, -0.1) is 0 Å². The molecule has 0 radical (unpaired) electrons. The number of carbonyl (C=O) groups excluding carboxylic acids is 1. The fourth-order valence-electron chi connectivity index (χ4n) is 2.62. The molecular formula is C21H20ClNO3. The second-order valence-electron chi connectivity index (χ2n) is 5.86. The maximum atomic E-state index is 12.5. The molecule has 3 aromatic rings. The molecule has 1 amide bonds. The van der Waals surface area contributed by atoms with Crippen LogP contribution in [0.4, 0.5) is 0 Å². The number of benzene rings is 2. The maximum Gasteiger partial charge on any atom is 0.287 e. The molecule has 0 saturated carbocycles. The van der Waals surface area contributed by atoms with Crippen molar-refractivity contribution in [1.29, 1.82) is 0 Å². The van der Waals surface area contributed by atoms with Crippen molar-refractivity contribution in [3.63, 3.8) is 0 Å². The number of amides is 1. The highest BCUT2D eigenvalue weighted by Gasteiger charge is 2.17. The van der Waals surface area contributed by atoms with Crippen LogP contribution in [-0.4, -0.2) is 5.91 Å². The first kappa shape index (κ1) is 18.1. The Morgan fingerprint density at radius 1 is 1.12 bits per heavy atom. The summed E-state index contributed by atoms with van der Waals surface area (Å²) in [5.41, 5.74) is 1.07. The van der Waals surface area contributed by atoms with Gasteiger partial charge in [0.05, 0.1) is 6.04 Å². The number of rotatable bonds is 7. The molecule has 0 aliphatic carbocycles. The van der Waals surface area contributed by atoms with Gasteiger partial charge in [-0.25, -0.2) is 0 Å². The van der Waals surface area contributed by atoms with Gasteiger partial charge >= 0.3 is 0 Å². The average Bonchev–Trinajstić information content (AvgIpc) is 3.14. The Bertz CT molecular complexity index is 860. The fourth-order valence-corrected chi connectivity index (χ4v) is 2.80. The smallest absolute Gasteiger partial charge is 0.287 e. The Morgan fingerprint density at radius 3 is 2.65 bits per heavy atom. The lowest BCUT2D eigenvalue weighted by Crippen LogP contribution is -2.27. The molecule has 3 rings (SSSR count). The van der Waals surface area contributed by atoms with E-state index in [1.54, 1.807) is 24.3 Å². The quantitative estimate of drug-likeness (QED) is 0.607. The van der Waals surface area contributed by atoms with Crippen LogP contribution in [0.5, 0.6) is 5.75 Å². The van der Waals surface area contributed by atoms with Crippen LogP contribution in [-0.2, 0) is 6.61 Å². The molecule has 0 fully saturated rings. The van der Waals surface area contributed by atoms with Crippen LogP contribution in [0.25, 0.3) is 0 Å². The number of carbonyl (C=O) groups is 1. The molecular weight excluding hydrogens is 350 g/mol. The Labute approximate surface area is 157 Å². The van der Waals surface area contributed by atoms with Crippen molar-refractivity contribution in [2.75, 3.05) is 0 Å². The minimum absolute atomic E-state index is 0.0556. The third-order valence-electron chi connectivity index (χ3n) is 3.98. The summed E-state index contributed by atoms with van der Waals surface area (Å²) in [4.78, 5) is 12.5. The molecule has 2 aromatic carbocycles. The van der Waals surface area contributed by atoms with Gasteiger partial charge in [0.2, 0.25) is 0 Å². The third-order valence-corrected chi connectivity index (χ3v) is 4.21. The van der Waals surface area contributed by atoms with Gasteiger partial charge in [-0.1, -0.05) is 54.9 Å². The second-order valence-corrected chi connectivity index (χ2v) is 6.29. The van der Waals surface area contributed by atoms with E-state index >= 15 is 0 Å². The van der Waals surface area contributed by atoms with Gasteiger partial charge in [-0.3, -0.25) is 4.79 Å². The lowest BCUT2D eigenvalue weighted by molar-refractivity contribution is 0.0903. The summed E-state index contributed by atoms with van der Waals surface area (Å²) in [5.74, 6) is 1.25. The molecule has 26 heavy (non-hydrogen) atoms. The first-order valence-corrected chi connectivity index (χ1v) is 8.86. The van der Waals surface area contributed by atoms with Crippen LogP contribution < -0.4 is 10.1 Å². The van der Waals surface area contributed by atoms with E-state index in [0.717, 1.165) is 12.0 Å². The number of nitrogens with one attached hydrogen (secondary N) is 1. The van der Waals surface area contributed by atoms with E-state index in [9.17, 15) is 4.79 Å². The summed E-state index contributed by atoms with van der Waals surface area (Å²) < 4.78 is 11.2. The minimum Gasteiger partial charge on any atom is -0.486 e. The minimum atomic E-state index is -0.241. The van der Waals surface area contributed by atoms with Gasteiger partial charge in [0, 0.05) is 5.02 Å². The molecule has 1 atom stereocenters. The molecule has 5 heteroatoms. The zero-order valence-corrected chi connectivity index (χ0v) is 15.2. The molecule has 1 aromatic heterocycles. The third kappa shape index (κ3) is 4.67. The highest BCUT2D eigenvalue weighted by Crippen LogP contribution is 2.20. The molecule has 0 aliphatic rings. The molecule has 4 nitrogen and oxygen atoms in total. The molecule has 1 heterocycles. The molecule has 0 aliphatic heterocycles. The van der Waals surface area contributed by atoms with Gasteiger partial charge in [0.15, 0.2) is 5.76 Å². The van der Waals surface area contributed by atoms with Crippen molar-refractivity contribution in [1.82, 2.24) is 5.32 Å². The monoisotopic (exact) mass is 369 g/mol. The van der Waals surface area contributed by atoms with Crippen molar-refractivity contribution in [3.05, 3.63) is 88.8 Å². The molecule has 1 N–H and O–H groups in total. The Morgan fingerprint density at radius 2 is 1.92 bits per heavy atom. The van der Waals surface area contributed by atoms with E-state index in [1.807, 2.05) is 49.4 Å². The largest absolute Gasteiger partial charge is 0.486 e. The van der Waals surface area contributed by atoms with Crippen molar-refractivity contribution in [2.24, 2.45) is 0 Å². The number of hydrogen-bond acceptors (Lipinski definition) is 3. The molecule has 0 saturated heterocycles. The van der Waals surface area contributed by atoms with E-state index in [2.05, 4.69) is 5.32 Å². The molecule has 0 bridgehead atoms. The number of halogens is 1. The highest BCUT2D eigenvalue weighted by molar-refractivity contribution is 6.30. The zero-order chi connectivity index (χ0) is 18.4. The van der Waals surface area contributed by atoms with Gasteiger partial charge in [-0.2, -0.15) is 0 Å². The van der Waals surface area contributed by atoms with Gasteiger partial charge in [0.1, 0.15) is 18.1 Å². The van der Waals surface area contributed by atoms with E-state index < -0.39 is 0 Å². The Hall–Kier alpha value is -2.72. The van der Waals surface area contributed by atoms with Crippen molar-refractivity contribution in [2.45, 2.75) is 26.0 Å². The Kier molecular flexibility index (Phi) is 5.97. The summed E-state index contributed by atoms with van der Waals surface area (Å²) in [7, 11) is 0. The average molecular weight is 370 g/mol. The Balaban J connectivity index is 1.60. The standard InChI is InChI=1S/C21H20ClNO3/c1-2-19(15-7-4-3-5-8-15)23-21(24)20-12-11-18(26-20)14-25-17-10-6-9-16(22)13-17/h3-13,19H,2,14H2,1H3,(H,23,24). The van der Waals surface area contributed by atoms with Crippen LogP contribution in [0.2, 0.25) is 5.02 Å². The topological polar surface area (TPSA) is 51.5 Å². The van der Waals surface area contributed by atoms with Crippen molar-refractivity contribution in [3.8, 4) is 5.75 Å². The van der Waals surface area contributed by atoms with E-state index in [1.165, 1.54) is 0 Å². The van der Waals surface area contributed by atoms with Crippen LogP contribution in [0.1, 0.15) is 41.3 Å². The van der Waals surface area contributed by atoms with Crippen molar-refractivity contribution >= 4 is 17.5 Å². The molecule has 134 valence electrons. The van der Waals surface area contributed by atoms with Gasteiger partial charge in [-0.05, 0) is 42.3 Å². The van der Waals surface area contributed by atoms with Gasteiger partial charge < -0.3 is 14.5 Å². The predicted octanol–water partition coefficient (Wildman–Crippen LogP) is 5.39. The van der Waals surface area contributed by atoms with Crippen molar-refractivity contribution < 1.29 is 13.9 Å². The normalized spacial score (nSPS) is 11.8. The van der Waals surface area contributed by atoms with Gasteiger partial charge in [0.25, 0.3) is 5.91 Å². The van der Waals surface area contributed by atoms with Crippen LogP contribution in [0.15, 0.2) is 71.1 Å². The maximum absolute atomic E-state index is 12.5. The molecule has 0 spiro atoms. The number of furan rings is 1. The molecule has 1 unspecified atom stereocenters. The first-order valence-electron chi connectivity index (χ1n) is 8.48. The first-order chi connectivity index (χ1) is 12.7. The summed E-state index contributed by atoms with van der Waals surface area (Å²) in [6, 6.07) is 20.3. The summed E-state index contributed by atoms with van der Waals surface area (Å²) >= 11 is 5.93.